The van der Waals surface area contributed by atoms with E-state index in [2.05, 4.69) is 41.3 Å². The first-order valence-electron chi connectivity index (χ1n) is 18.2. The summed E-state index contributed by atoms with van der Waals surface area (Å²) < 4.78 is 142. The molecular formula is C38H32N8O17S4. The number of allylic oxidation sites excluding steroid dienone is 2. The molecular weight excluding hydrogens is 969 g/mol. The van der Waals surface area contributed by atoms with Crippen molar-refractivity contribution in [2.24, 2.45) is 30.4 Å². The SMILES string of the molecule is COc1cc(N=Nc2ccc(N/N=C3/C(=O)c4c(cc(S(=O)(=O)O)cc4N=C(C)O)C=C3S(=O)(=O)O)cc2)c(C)cc1N/N=C1/C(=O)c2c(cc(S(=O)(=O)O)cc2N=C(C)O)C=C1S(=O)(=O)O. The standard InChI is InChI=1S/C38H32N8O17S4/c1-17-9-27(44-46-36-32(67(60,61)62)13-21-11-25(65(54,55)56)15-29(40-19(3)48)34(21)38(36)50)30(63-4)16-26(17)43-41-22-5-7-23(8-6-22)42-45-35-31(66(57,58)59)12-20-10-24(64(51,52)53)14-28(39-18(2)47)33(20)37(35)49/h5-16,42,44H,1-4H3,(H,39,47)(H,40,48)(H,51,52,53)(H,54,55,56)(H,57,58,59)(H,60,61,62)/b43-41?,45-35+,46-36+. The summed E-state index contributed by atoms with van der Waals surface area (Å²) in [6.45, 7) is 3.79. The minimum absolute atomic E-state index is 0.0325. The normalized spacial score (nSPS) is 16.2. The van der Waals surface area contributed by atoms with E-state index in [1.165, 1.54) is 43.5 Å². The number of hydrogen-bond donors (Lipinski definition) is 8. The highest BCUT2D eigenvalue weighted by atomic mass is 32.2. The van der Waals surface area contributed by atoms with Crippen molar-refractivity contribution in [3.8, 4) is 5.75 Å². The van der Waals surface area contributed by atoms with Crippen LogP contribution in [0.4, 0.5) is 34.1 Å². The van der Waals surface area contributed by atoms with Crippen LogP contribution in [0.3, 0.4) is 0 Å². The van der Waals surface area contributed by atoms with Crippen molar-refractivity contribution in [3.05, 3.63) is 98.3 Å². The topological polar surface area (TPSA) is 400 Å². The lowest BCUT2D eigenvalue weighted by atomic mass is 9.93. The van der Waals surface area contributed by atoms with Gasteiger partial charge in [0.1, 0.15) is 15.6 Å². The highest BCUT2D eigenvalue weighted by molar-refractivity contribution is 7.91. The number of aliphatic hydroxyl groups is 2. The Morgan fingerprint density at radius 1 is 0.582 bits per heavy atom. The summed E-state index contributed by atoms with van der Waals surface area (Å²) in [4.78, 5) is 31.2. The van der Waals surface area contributed by atoms with Crippen LogP contribution in [0.15, 0.2) is 111 Å². The van der Waals surface area contributed by atoms with Crippen molar-refractivity contribution < 1.29 is 76.4 Å². The Morgan fingerprint density at radius 3 is 1.43 bits per heavy atom. The first-order valence-corrected chi connectivity index (χ1v) is 24.0. The van der Waals surface area contributed by atoms with Gasteiger partial charge in [0.2, 0.25) is 11.6 Å². The third-order valence-electron chi connectivity index (χ3n) is 9.13. The van der Waals surface area contributed by atoms with Crippen molar-refractivity contribution >= 4 is 122 Å². The number of carbonyl (C=O) groups is 2. The number of ketones is 2. The molecule has 67 heavy (non-hydrogen) atoms. The predicted octanol–water partition coefficient (Wildman–Crippen LogP) is 5.91. The zero-order chi connectivity index (χ0) is 49.6. The third kappa shape index (κ3) is 10.8. The molecule has 4 aromatic rings. The fourth-order valence-corrected chi connectivity index (χ4v) is 8.66. The van der Waals surface area contributed by atoms with E-state index >= 15 is 0 Å². The average molecular weight is 1000 g/mol. The van der Waals surface area contributed by atoms with E-state index in [-0.39, 0.29) is 34.1 Å². The first-order chi connectivity index (χ1) is 31.1. The van der Waals surface area contributed by atoms with Gasteiger partial charge in [-0.1, -0.05) is 0 Å². The average Bonchev–Trinajstić information content (AvgIpc) is 3.20. The third-order valence-corrected chi connectivity index (χ3v) is 12.5. The van der Waals surface area contributed by atoms with Crippen molar-refractivity contribution in [1.29, 1.82) is 0 Å². The maximum absolute atomic E-state index is 13.8. The summed E-state index contributed by atoms with van der Waals surface area (Å²) in [5.41, 5.74) is 1.78. The number of azo groups is 1. The molecule has 0 heterocycles. The molecule has 0 aromatic heterocycles. The lowest BCUT2D eigenvalue weighted by molar-refractivity contribution is 0.105. The van der Waals surface area contributed by atoms with Crippen LogP contribution in [0.2, 0.25) is 0 Å². The van der Waals surface area contributed by atoms with Crippen LogP contribution >= 0.6 is 0 Å². The largest absolute Gasteiger partial charge is 0.497 e. The minimum atomic E-state index is -5.22. The molecule has 6 rings (SSSR count). The number of aliphatic imine (C=N–C) groups is 2. The number of hydrogen-bond acceptors (Lipinski definition) is 19. The number of fused-ring (bicyclic) bond motifs is 2. The zero-order valence-electron chi connectivity index (χ0n) is 34.4. The molecule has 4 aromatic carbocycles. The number of ether oxygens (including phenoxy) is 1. The summed E-state index contributed by atoms with van der Waals surface area (Å²) in [7, 11) is -19.0. The number of nitrogens with zero attached hydrogens (tertiary/aromatic N) is 6. The van der Waals surface area contributed by atoms with Crippen molar-refractivity contribution in [1.82, 2.24) is 0 Å². The second-order valence-electron chi connectivity index (χ2n) is 13.9. The van der Waals surface area contributed by atoms with Gasteiger partial charge < -0.3 is 14.9 Å². The van der Waals surface area contributed by atoms with E-state index in [0.717, 1.165) is 50.3 Å². The number of anilines is 2. The summed E-state index contributed by atoms with van der Waals surface area (Å²) in [5, 5.41) is 35.8. The fraction of sp³-hybridized carbons (Fsp3) is 0.105. The zero-order valence-corrected chi connectivity index (χ0v) is 37.7. The fourth-order valence-electron chi connectivity index (χ4n) is 6.27. The van der Waals surface area contributed by atoms with Gasteiger partial charge in [0.25, 0.3) is 40.5 Å². The number of rotatable bonds is 13. The second-order valence-corrected chi connectivity index (χ2v) is 19.6. The molecule has 0 atom stereocenters. The molecule has 2 aliphatic rings. The molecule has 0 radical (unpaired) electrons. The van der Waals surface area contributed by atoms with E-state index in [1.54, 1.807) is 6.92 Å². The van der Waals surface area contributed by atoms with Crippen LogP contribution in [0.5, 0.6) is 5.75 Å². The van der Waals surface area contributed by atoms with Gasteiger partial charge in [-0.3, -0.25) is 38.7 Å². The van der Waals surface area contributed by atoms with E-state index in [0.29, 0.717) is 5.56 Å². The Hall–Kier alpha value is -7.38. The Balaban J connectivity index is 1.26. The molecule has 25 nitrogen and oxygen atoms in total. The second kappa shape index (κ2) is 18.1. The number of nitrogens with one attached hydrogen (secondary N) is 2. The summed E-state index contributed by atoms with van der Waals surface area (Å²) in [6, 6.07) is 11.5. The number of hydrazone groups is 2. The van der Waals surface area contributed by atoms with Gasteiger partial charge in [-0.2, -0.15) is 54.1 Å². The van der Waals surface area contributed by atoms with Crippen LogP contribution in [0.25, 0.3) is 12.2 Å². The number of benzene rings is 4. The van der Waals surface area contributed by atoms with Gasteiger partial charge in [0, 0.05) is 19.9 Å². The molecule has 0 saturated heterocycles. The Kier molecular flexibility index (Phi) is 13.3. The minimum Gasteiger partial charge on any atom is -0.497 e. The van der Waals surface area contributed by atoms with Crippen molar-refractivity contribution in [2.45, 2.75) is 30.6 Å². The van der Waals surface area contributed by atoms with Crippen molar-refractivity contribution in [2.75, 3.05) is 18.0 Å². The van der Waals surface area contributed by atoms with Gasteiger partial charge in [0.05, 0.1) is 62.2 Å². The highest BCUT2D eigenvalue weighted by Crippen LogP contribution is 2.38. The Morgan fingerprint density at radius 2 is 1.03 bits per heavy atom. The molecule has 2 aliphatic carbocycles. The summed E-state index contributed by atoms with van der Waals surface area (Å²) >= 11 is 0. The molecule has 0 bridgehead atoms. The van der Waals surface area contributed by atoms with Crippen LogP contribution in [-0.2, 0) is 40.5 Å². The maximum Gasteiger partial charge on any atom is 0.296 e. The Labute approximate surface area is 379 Å². The van der Waals surface area contributed by atoms with Crippen molar-refractivity contribution in [3.63, 3.8) is 0 Å². The van der Waals surface area contributed by atoms with E-state index in [1.807, 2.05) is 0 Å². The molecule has 0 fully saturated rings. The van der Waals surface area contributed by atoms with E-state index in [9.17, 15) is 71.7 Å². The quantitative estimate of drug-likeness (QED) is 0.0253. The molecule has 0 unspecified atom stereocenters. The summed E-state index contributed by atoms with van der Waals surface area (Å²) in [6.07, 6.45) is 1.46. The van der Waals surface area contributed by atoms with E-state index in [4.69, 9.17) is 4.74 Å². The lowest BCUT2D eigenvalue weighted by Crippen LogP contribution is -2.27. The van der Waals surface area contributed by atoms with Gasteiger partial charge in [0.15, 0.2) is 23.2 Å². The van der Waals surface area contributed by atoms with Gasteiger partial charge in [-0.05, 0) is 90.4 Å². The molecule has 29 heteroatoms. The predicted molar refractivity (Wildman–Crippen MR) is 241 cm³/mol. The molecule has 8 N–H and O–H groups in total. The lowest BCUT2D eigenvalue weighted by Gasteiger charge is -2.19. The van der Waals surface area contributed by atoms with Crippen LogP contribution in [0, 0.1) is 6.92 Å². The smallest absolute Gasteiger partial charge is 0.296 e. The van der Waals surface area contributed by atoms with Crippen LogP contribution in [-0.4, -0.2) is 104 Å². The van der Waals surface area contributed by atoms with E-state index < -0.39 is 123 Å². The van der Waals surface area contributed by atoms with Gasteiger partial charge in [-0.15, -0.1) is 0 Å². The Bertz CT molecular complexity index is 3520. The first kappa shape index (κ1) is 49.1. The molecule has 350 valence electrons. The monoisotopic (exact) mass is 1000 g/mol. The highest BCUT2D eigenvalue weighted by Gasteiger charge is 2.37. The number of aliphatic hydroxyl groups excluding tert-OH is 2. The van der Waals surface area contributed by atoms with Gasteiger partial charge in [-0.25, -0.2) is 9.98 Å². The maximum atomic E-state index is 13.8. The molecule has 0 amide bonds. The summed E-state index contributed by atoms with van der Waals surface area (Å²) in [5.74, 6) is -3.57. The number of methoxy groups -OCH3 is 1. The molecule has 0 saturated carbocycles. The molecule has 0 aliphatic heterocycles. The number of Topliss-reactive ketones (excluding diaryl/α,β-unsaturated/α-hetero) is 2. The van der Waals surface area contributed by atoms with Crippen LogP contribution < -0.4 is 15.6 Å². The van der Waals surface area contributed by atoms with Gasteiger partial charge >= 0.3 is 0 Å². The molecule has 0 spiro atoms. The number of carbonyl (C=O) groups excluding carboxylic acids is 2. The van der Waals surface area contributed by atoms with Crippen LogP contribution in [0.1, 0.15) is 51.3 Å². The number of aryl methyl sites for hydroxylation is 1.